The summed E-state index contributed by atoms with van der Waals surface area (Å²) in [5.41, 5.74) is 1.20. The van der Waals surface area contributed by atoms with Gasteiger partial charge in [0, 0.05) is 24.9 Å². The van der Waals surface area contributed by atoms with Gasteiger partial charge in [-0.15, -0.1) is 11.8 Å². The van der Waals surface area contributed by atoms with E-state index in [4.69, 9.17) is 4.74 Å². The average molecular weight is 235 g/mol. The van der Waals surface area contributed by atoms with Gasteiger partial charge >= 0.3 is 0 Å². The van der Waals surface area contributed by atoms with E-state index in [1.807, 2.05) is 13.1 Å². The third-order valence-corrected chi connectivity index (χ3v) is 2.33. The molecule has 0 saturated heterocycles. The van der Waals surface area contributed by atoms with E-state index in [-0.39, 0.29) is 0 Å². The van der Waals surface area contributed by atoms with Crippen LogP contribution in [0.2, 0.25) is 0 Å². The number of nitrogens with zero attached hydrogens (tertiary/aromatic N) is 1. The molecule has 0 aliphatic carbocycles. The Morgan fingerprint density at radius 1 is 1.41 bits per heavy atom. The van der Waals surface area contributed by atoms with Crippen LogP contribution in [-0.2, 0) is 11.2 Å². The van der Waals surface area contributed by atoms with Gasteiger partial charge in [-0.05, 0) is 26.3 Å². The Hall–Kier alpha value is -1.31. The van der Waals surface area contributed by atoms with Crippen molar-refractivity contribution in [1.82, 2.24) is 15.3 Å². The van der Waals surface area contributed by atoms with Crippen LogP contribution in [0.15, 0.2) is 12.5 Å². The first-order valence-electron chi connectivity index (χ1n) is 6.09. The van der Waals surface area contributed by atoms with Crippen molar-refractivity contribution in [3.63, 3.8) is 0 Å². The summed E-state index contributed by atoms with van der Waals surface area (Å²) in [6.07, 6.45) is 6.58. The SMILES string of the molecule is CC#CCCOCCNCCCc1cnc[nH]1. The number of nitrogens with one attached hydrogen (secondary N) is 2. The third-order valence-electron chi connectivity index (χ3n) is 2.33. The van der Waals surface area contributed by atoms with Crippen molar-refractivity contribution in [3.8, 4) is 11.8 Å². The number of aryl methyl sites for hydroxylation is 1. The largest absolute Gasteiger partial charge is 0.379 e. The van der Waals surface area contributed by atoms with Gasteiger partial charge in [-0.1, -0.05) is 0 Å². The molecule has 4 heteroatoms. The Bertz CT molecular complexity index is 324. The Balaban J connectivity index is 1.79. The highest BCUT2D eigenvalue weighted by Gasteiger charge is 1.93. The molecule has 0 saturated carbocycles. The average Bonchev–Trinajstić information content (AvgIpc) is 2.85. The molecule has 17 heavy (non-hydrogen) atoms. The zero-order valence-electron chi connectivity index (χ0n) is 10.5. The van der Waals surface area contributed by atoms with Crippen LogP contribution in [0.1, 0.15) is 25.5 Å². The van der Waals surface area contributed by atoms with Gasteiger partial charge in [0.05, 0.1) is 19.5 Å². The molecule has 2 N–H and O–H groups in total. The lowest BCUT2D eigenvalue weighted by Gasteiger charge is -2.04. The molecule has 1 rings (SSSR count). The number of aromatic nitrogens is 2. The van der Waals surface area contributed by atoms with Crippen molar-refractivity contribution in [3.05, 3.63) is 18.2 Å². The third kappa shape index (κ3) is 7.56. The zero-order chi connectivity index (χ0) is 12.2. The van der Waals surface area contributed by atoms with E-state index in [2.05, 4.69) is 27.1 Å². The summed E-state index contributed by atoms with van der Waals surface area (Å²) in [4.78, 5) is 7.07. The van der Waals surface area contributed by atoms with E-state index < -0.39 is 0 Å². The number of hydrogen-bond donors (Lipinski definition) is 2. The van der Waals surface area contributed by atoms with Crippen LogP contribution in [0.3, 0.4) is 0 Å². The summed E-state index contributed by atoms with van der Waals surface area (Å²) < 4.78 is 5.41. The van der Waals surface area contributed by atoms with Crippen LogP contribution in [0, 0.1) is 11.8 Å². The van der Waals surface area contributed by atoms with Gasteiger partial charge < -0.3 is 15.0 Å². The standard InChI is InChI=1S/C13H21N3O/c1-2-3-4-9-17-10-8-14-7-5-6-13-11-15-12-16-13/h11-12,14H,4-10H2,1H3,(H,15,16). The number of hydrogen-bond acceptors (Lipinski definition) is 3. The van der Waals surface area contributed by atoms with Crippen molar-refractivity contribution in [2.24, 2.45) is 0 Å². The number of H-pyrrole nitrogens is 1. The molecule has 0 unspecified atom stereocenters. The number of ether oxygens (including phenoxy) is 1. The van der Waals surface area contributed by atoms with Gasteiger partial charge in [-0.25, -0.2) is 4.98 Å². The number of imidazole rings is 1. The van der Waals surface area contributed by atoms with E-state index >= 15 is 0 Å². The van der Waals surface area contributed by atoms with Crippen LogP contribution in [-0.4, -0.2) is 36.3 Å². The highest BCUT2D eigenvalue weighted by atomic mass is 16.5. The summed E-state index contributed by atoms with van der Waals surface area (Å²) in [6.45, 7) is 5.26. The summed E-state index contributed by atoms with van der Waals surface area (Å²) in [6, 6.07) is 0. The van der Waals surface area contributed by atoms with Crippen molar-refractivity contribution < 1.29 is 4.74 Å². The Morgan fingerprint density at radius 2 is 2.35 bits per heavy atom. The molecule has 0 amide bonds. The zero-order valence-corrected chi connectivity index (χ0v) is 10.5. The predicted octanol–water partition coefficient (Wildman–Crippen LogP) is 1.36. The molecule has 0 radical (unpaired) electrons. The monoisotopic (exact) mass is 235 g/mol. The van der Waals surface area contributed by atoms with E-state index in [1.165, 1.54) is 5.69 Å². The molecular weight excluding hydrogens is 214 g/mol. The molecule has 0 bridgehead atoms. The van der Waals surface area contributed by atoms with Gasteiger partial charge in [0.1, 0.15) is 0 Å². The minimum atomic E-state index is 0.733. The number of rotatable bonds is 9. The molecule has 0 spiro atoms. The van der Waals surface area contributed by atoms with Crippen molar-refractivity contribution in [2.45, 2.75) is 26.2 Å². The van der Waals surface area contributed by atoms with Crippen molar-refractivity contribution in [2.75, 3.05) is 26.3 Å². The fourth-order valence-corrected chi connectivity index (χ4v) is 1.44. The van der Waals surface area contributed by atoms with Crippen LogP contribution < -0.4 is 5.32 Å². The smallest absolute Gasteiger partial charge is 0.0921 e. The molecule has 4 nitrogen and oxygen atoms in total. The van der Waals surface area contributed by atoms with Gasteiger partial charge in [0.15, 0.2) is 0 Å². The maximum absolute atomic E-state index is 5.41. The van der Waals surface area contributed by atoms with E-state index in [9.17, 15) is 0 Å². The summed E-state index contributed by atoms with van der Waals surface area (Å²) in [5.74, 6) is 5.82. The first-order valence-corrected chi connectivity index (χ1v) is 6.09. The van der Waals surface area contributed by atoms with Crippen LogP contribution in [0.4, 0.5) is 0 Å². The minimum Gasteiger partial charge on any atom is -0.379 e. The molecule has 1 aromatic heterocycles. The number of aromatic amines is 1. The van der Waals surface area contributed by atoms with Crippen LogP contribution in [0.25, 0.3) is 0 Å². The maximum atomic E-state index is 5.41. The molecular formula is C13H21N3O. The molecule has 0 atom stereocenters. The molecule has 0 aliphatic rings. The van der Waals surface area contributed by atoms with Gasteiger partial charge in [-0.2, -0.15) is 0 Å². The summed E-state index contributed by atoms with van der Waals surface area (Å²) >= 11 is 0. The normalized spacial score (nSPS) is 9.94. The Kier molecular flexibility index (Phi) is 8.00. The quantitative estimate of drug-likeness (QED) is 0.502. The molecule has 0 aliphatic heterocycles. The fourth-order valence-electron chi connectivity index (χ4n) is 1.44. The first kappa shape index (κ1) is 13.8. The molecule has 1 aromatic rings. The van der Waals surface area contributed by atoms with Gasteiger partial charge in [0.25, 0.3) is 0 Å². The topological polar surface area (TPSA) is 49.9 Å². The predicted molar refractivity (Wildman–Crippen MR) is 68.7 cm³/mol. The second-order valence-electron chi connectivity index (χ2n) is 3.72. The molecule has 94 valence electrons. The van der Waals surface area contributed by atoms with Crippen LogP contribution >= 0.6 is 0 Å². The van der Waals surface area contributed by atoms with E-state index in [1.54, 1.807) is 6.33 Å². The van der Waals surface area contributed by atoms with Crippen molar-refractivity contribution >= 4 is 0 Å². The highest BCUT2D eigenvalue weighted by molar-refractivity contribution is 4.94. The lowest BCUT2D eigenvalue weighted by Crippen LogP contribution is -2.21. The molecule has 0 aromatic carbocycles. The Labute approximate surface area is 103 Å². The van der Waals surface area contributed by atoms with Gasteiger partial charge in [0.2, 0.25) is 0 Å². The second kappa shape index (κ2) is 9.88. The summed E-state index contributed by atoms with van der Waals surface area (Å²) in [7, 11) is 0. The fraction of sp³-hybridized carbons (Fsp3) is 0.615. The molecule has 1 heterocycles. The minimum absolute atomic E-state index is 0.733. The lowest BCUT2D eigenvalue weighted by atomic mass is 10.2. The Morgan fingerprint density at radius 3 is 3.12 bits per heavy atom. The van der Waals surface area contributed by atoms with E-state index in [0.29, 0.717) is 0 Å². The molecule has 0 fully saturated rings. The summed E-state index contributed by atoms with van der Waals surface area (Å²) in [5, 5.41) is 3.34. The maximum Gasteiger partial charge on any atom is 0.0921 e. The van der Waals surface area contributed by atoms with Crippen LogP contribution in [0.5, 0.6) is 0 Å². The first-order chi connectivity index (χ1) is 8.43. The van der Waals surface area contributed by atoms with E-state index in [0.717, 1.165) is 45.6 Å². The highest BCUT2D eigenvalue weighted by Crippen LogP contribution is 1.95. The second-order valence-corrected chi connectivity index (χ2v) is 3.72. The lowest BCUT2D eigenvalue weighted by molar-refractivity contribution is 0.142. The van der Waals surface area contributed by atoms with Crippen molar-refractivity contribution in [1.29, 1.82) is 0 Å². The van der Waals surface area contributed by atoms with Gasteiger partial charge in [-0.3, -0.25) is 0 Å².